The van der Waals surface area contributed by atoms with E-state index < -0.39 is 0 Å². The predicted octanol–water partition coefficient (Wildman–Crippen LogP) is 4.38. The first-order valence-corrected chi connectivity index (χ1v) is 10.0. The maximum Gasteiger partial charge on any atom is 0.203 e. The molecule has 0 amide bonds. The van der Waals surface area contributed by atoms with Gasteiger partial charge in [-0.05, 0) is 42.3 Å². The molecule has 0 spiro atoms. The van der Waals surface area contributed by atoms with Crippen molar-refractivity contribution in [3.63, 3.8) is 0 Å². The Hall–Kier alpha value is -1.82. The summed E-state index contributed by atoms with van der Waals surface area (Å²) in [6.07, 6.45) is 0.916. The minimum Gasteiger partial charge on any atom is -0.493 e. The highest BCUT2D eigenvalue weighted by atomic mass is 35.5. The van der Waals surface area contributed by atoms with Crippen molar-refractivity contribution in [2.45, 2.75) is 6.42 Å². The Kier molecular flexibility index (Phi) is 7.16. The van der Waals surface area contributed by atoms with Gasteiger partial charge in [0.05, 0.1) is 21.3 Å². The van der Waals surface area contributed by atoms with Gasteiger partial charge < -0.3 is 19.1 Å². The lowest BCUT2D eigenvalue weighted by atomic mass is 10.1. The van der Waals surface area contributed by atoms with Gasteiger partial charge in [-0.1, -0.05) is 23.2 Å². The van der Waals surface area contributed by atoms with Crippen molar-refractivity contribution in [1.82, 2.24) is 4.90 Å². The molecular formula is C21H26Cl2N2O3. The lowest BCUT2D eigenvalue weighted by Crippen LogP contribution is -2.47. The molecule has 2 aromatic rings. The number of benzene rings is 2. The summed E-state index contributed by atoms with van der Waals surface area (Å²) in [7, 11) is 4.90. The van der Waals surface area contributed by atoms with Gasteiger partial charge in [0.1, 0.15) is 0 Å². The summed E-state index contributed by atoms with van der Waals surface area (Å²) in [6.45, 7) is 4.86. The number of ether oxygens (including phenoxy) is 3. The smallest absolute Gasteiger partial charge is 0.203 e. The van der Waals surface area contributed by atoms with Crippen molar-refractivity contribution < 1.29 is 14.2 Å². The van der Waals surface area contributed by atoms with Gasteiger partial charge in [-0.25, -0.2) is 0 Å². The van der Waals surface area contributed by atoms with Gasteiger partial charge in [0.15, 0.2) is 11.5 Å². The normalized spacial score (nSPS) is 14.8. The highest BCUT2D eigenvalue weighted by Gasteiger charge is 2.19. The number of hydrogen-bond acceptors (Lipinski definition) is 5. The summed E-state index contributed by atoms with van der Waals surface area (Å²) >= 11 is 12.3. The number of nitrogens with zero attached hydrogens (tertiary/aromatic N) is 2. The Morgan fingerprint density at radius 1 is 0.786 bits per heavy atom. The van der Waals surface area contributed by atoms with E-state index in [1.807, 2.05) is 24.3 Å². The molecule has 28 heavy (non-hydrogen) atoms. The van der Waals surface area contributed by atoms with Crippen LogP contribution in [0.4, 0.5) is 5.69 Å². The highest BCUT2D eigenvalue weighted by Crippen LogP contribution is 2.38. The van der Waals surface area contributed by atoms with Gasteiger partial charge in [0.25, 0.3) is 0 Å². The fourth-order valence-electron chi connectivity index (χ4n) is 3.52. The highest BCUT2D eigenvalue weighted by molar-refractivity contribution is 6.35. The lowest BCUT2D eigenvalue weighted by Gasteiger charge is -2.36. The van der Waals surface area contributed by atoms with E-state index in [0.29, 0.717) is 27.3 Å². The molecule has 0 aliphatic carbocycles. The Morgan fingerprint density at radius 2 is 1.36 bits per heavy atom. The molecule has 1 aliphatic heterocycles. The van der Waals surface area contributed by atoms with Crippen LogP contribution in [0, 0.1) is 0 Å². The molecule has 0 unspecified atom stereocenters. The van der Waals surface area contributed by atoms with Crippen LogP contribution in [0.3, 0.4) is 0 Å². The number of rotatable bonds is 7. The molecule has 7 heteroatoms. The average molecular weight is 425 g/mol. The summed E-state index contributed by atoms with van der Waals surface area (Å²) in [6, 6.07) is 9.75. The molecule has 1 fully saturated rings. The standard InChI is InChI=1S/C21H26Cl2N2O3/c1-26-19-10-15(11-20(27-2)21(19)28-3)4-5-24-6-8-25(9-7-24)18-13-16(22)12-17(23)14-18/h10-14H,4-9H2,1-3H3. The minimum atomic E-state index is 0.627. The minimum absolute atomic E-state index is 0.627. The van der Waals surface area contributed by atoms with Crippen LogP contribution in [0.25, 0.3) is 0 Å². The average Bonchev–Trinajstić information content (AvgIpc) is 2.71. The number of methoxy groups -OCH3 is 3. The quantitative estimate of drug-likeness (QED) is 0.658. The van der Waals surface area contributed by atoms with Gasteiger partial charge in [-0.2, -0.15) is 0 Å². The Morgan fingerprint density at radius 3 is 1.86 bits per heavy atom. The van der Waals surface area contributed by atoms with E-state index in [4.69, 9.17) is 37.4 Å². The molecule has 0 atom stereocenters. The first kappa shape index (κ1) is 20.9. The van der Waals surface area contributed by atoms with Crippen molar-refractivity contribution in [1.29, 1.82) is 0 Å². The third kappa shape index (κ3) is 4.96. The zero-order valence-corrected chi connectivity index (χ0v) is 18.0. The number of halogens is 2. The molecule has 0 saturated carbocycles. The predicted molar refractivity (Wildman–Crippen MR) is 115 cm³/mol. The van der Waals surface area contributed by atoms with E-state index in [1.165, 1.54) is 5.56 Å². The summed E-state index contributed by atoms with van der Waals surface area (Å²) in [4.78, 5) is 4.79. The van der Waals surface area contributed by atoms with E-state index >= 15 is 0 Å². The molecule has 3 rings (SSSR count). The number of hydrogen-bond donors (Lipinski definition) is 0. The molecule has 0 radical (unpaired) electrons. The summed E-state index contributed by atoms with van der Waals surface area (Å²) < 4.78 is 16.3. The molecule has 0 bridgehead atoms. The molecular weight excluding hydrogens is 399 g/mol. The molecule has 0 aromatic heterocycles. The SMILES string of the molecule is COc1cc(CCN2CCN(c3cc(Cl)cc(Cl)c3)CC2)cc(OC)c1OC. The Balaban J connectivity index is 1.58. The van der Waals surface area contributed by atoms with Crippen LogP contribution in [0.1, 0.15) is 5.56 Å². The number of anilines is 1. The van der Waals surface area contributed by atoms with Crippen molar-refractivity contribution in [2.75, 3.05) is 59.0 Å². The molecule has 2 aromatic carbocycles. The fraction of sp³-hybridized carbons (Fsp3) is 0.429. The van der Waals surface area contributed by atoms with Crippen molar-refractivity contribution >= 4 is 28.9 Å². The fourth-order valence-corrected chi connectivity index (χ4v) is 4.03. The van der Waals surface area contributed by atoms with Crippen molar-refractivity contribution in [2.24, 2.45) is 0 Å². The molecule has 5 nitrogen and oxygen atoms in total. The second-order valence-corrected chi connectivity index (χ2v) is 7.61. The van der Waals surface area contributed by atoms with Crippen LogP contribution >= 0.6 is 23.2 Å². The van der Waals surface area contributed by atoms with E-state index in [9.17, 15) is 0 Å². The molecule has 1 saturated heterocycles. The first-order chi connectivity index (χ1) is 13.5. The van der Waals surface area contributed by atoms with E-state index in [1.54, 1.807) is 27.4 Å². The Bertz CT molecular complexity index is 763. The van der Waals surface area contributed by atoms with Gasteiger partial charge in [0.2, 0.25) is 5.75 Å². The second-order valence-electron chi connectivity index (χ2n) is 6.74. The lowest BCUT2D eigenvalue weighted by molar-refractivity contribution is 0.260. The first-order valence-electron chi connectivity index (χ1n) is 9.26. The zero-order chi connectivity index (χ0) is 20.1. The van der Waals surface area contributed by atoms with Gasteiger partial charge >= 0.3 is 0 Å². The summed E-state index contributed by atoms with van der Waals surface area (Å²) in [5.74, 6) is 2.02. The number of piperazine rings is 1. The monoisotopic (exact) mass is 424 g/mol. The molecule has 1 heterocycles. The summed E-state index contributed by atoms with van der Waals surface area (Å²) in [5, 5.41) is 1.35. The van der Waals surface area contributed by atoms with Gasteiger partial charge in [0, 0.05) is 48.5 Å². The van der Waals surface area contributed by atoms with Crippen LogP contribution in [-0.4, -0.2) is 59.0 Å². The largest absolute Gasteiger partial charge is 0.493 e. The van der Waals surface area contributed by atoms with Crippen LogP contribution in [0.5, 0.6) is 17.2 Å². The van der Waals surface area contributed by atoms with Gasteiger partial charge in [-0.15, -0.1) is 0 Å². The van der Waals surface area contributed by atoms with Crippen molar-refractivity contribution in [3.05, 3.63) is 45.9 Å². The molecule has 152 valence electrons. The maximum absolute atomic E-state index is 6.14. The Labute approximate surface area is 176 Å². The van der Waals surface area contributed by atoms with Crippen LogP contribution in [0.2, 0.25) is 10.0 Å². The third-order valence-corrected chi connectivity index (χ3v) is 5.46. The van der Waals surface area contributed by atoms with E-state index in [-0.39, 0.29) is 0 Å². The van der Waals surface area contributed by atoms with Crippen LogP contribution in [0.15, 0.2) is 30.3 Å². The van der Waals surface area contributed by atoms with Crippen LogP contribution in [-0.2, 0) is 6.42 Å². The van der Waals surface area contributed by atoms with Crippen LogP contribution < -0.4 is 19.1 Å². The maximum atomic E-state index is 6.14. The zero-order valence-electron chi connectivity index (χ0n) is 16.5. The van der Waals surface area contributed by atoms with E-state index in [2.05, 4.69) is 9.80 Å². The summed E-state index contributed by atoms with van der Waals surface area (Å²) in [5.41, 5.74) is 2.25. The second kappa shape index (κ2) is 9.59. The third-order valence-electron chi connectivity index (χ3n) is 5.03. The topological polar surface area (TPSA) is 34.2 Å². The van der Waals surface area contributed by atoms with E-state index in [0.717, 1.165) is 44.8 Å². The molecule has 1 aliphatic rings. The molecule has 0 N–H and O–H groups in total. The van der Waals surface area contributed by atoms with Gasteiger partial charge in [-0.3, -0.25) is 4.90 Å². The van der Waals surface area contributed by atoms with Crippen molar-refractivity contribution in [3.8, 4) is 17.2 Å².